The largest absolute Gasteiger partial charge is 0.356 e. The van der Waals surface area contributed by atoms with Crippen molar-refractivity contribution in [3.8, 4) is 22.5 Å². The third kappa shape index (κ3) is 4.73. The fraction of sp³-hybridized carbons (Fsp3) is 0.200. The molecule has 0 spiro atoms. The Kier molecular flexibility index (Phi) is 5.90. The third-order valence-corrected chi connectivity index (χ3v) is 4.69. The summed E-state index contributed by atoms with van der Waals surface area (Å²) < 4.78 is 0. The first-order valence-electron chi connectivity index (χ1n) is 8.32. The summed E-state index contributed by atoms with van der Waals surface area (Å²) in [5.74, 6) is 0.914. The van der Waals surface area contributed by atoms with Crippen LogP contribution in [0.3, 0.4) is 0 Å². The molecule has 0 unspecified atom stereocenters. The maximum Gasteiger partial charge on any atom is 0.216 e. The molecule has 0 aliphatic rings. The van der Waals surface area contributed by atoms with E-state index in [9.17, 15) is 4.79 Å². The topological polar surface area (TPSA) is 57.8 Å². The number of nitrogens with one attached hydrogen (secondary N) is 2. The quantitative estimate of drug-likeness (QED) is 0.491. The van der Waals surface area contributed by atoms with E-state index in [4.69, 9.17) is 4.98 Å². The first-order chi connectivity index (χ1) is 12.2. The Hall–Kier alpha value is -2.53. The number of thioether (sulfide) groups is 1. The van der Waals surface area contributed by atoms with Crippen LogP contribution in [0.5, 0.6) is 0 Å². The number of carbonyl (C=O) groups excluding carboxylic acids is 1. The molecule has 2 aromatic carbocycles. The van der Waals surface area contributed by atoms with Crippen LogP contribution < -0.4 is 5.32 Å². The predicted molar refractivity (Wildman–Crippen MR) is 103 cm³/mol. The van der Waals surface area contributed by atoms with Crippen molar-refractivity contribution >= 4 is 17.7 Å². The van der Waals surface area contributed by atoms with Crippen LogP contribution in [0.15, 0.2) is 65.8 Å². The summed E-state index contributed by atoms with van der Waals surface area (Å²) in [6.07, 6.45) is 0.909. The molecule has 0 radical (unpaired) electrons. The Morgan fingerprint density at radius 3 is 2.32 bits per heavy atom. The molecule has 25 heavy (non-hydrogen) atoms. The molecule has 3 rings (SSSR count). The van der Waals surface area contributed by atoms with E-state index in [1.165, 1.54) is 6.92 Å². The van der Waals surface area contributed by atoms with Crippen molar-refractivity contribution in [2.45, 2.75) is 18.5 Å². The first kappa shape index (κ1) is 17.3. The fourth-order valence-electron chi connectivity index (χ4n) is 2.54. The number of aromatic amines is 1. The molecule has 2 N–H and O–H groups in total. The molecule has 0 saturated heterocycles. The van der Waals surface area contributed by atoms with Gasteiger partial charge in [-0.25, -0.2) is 4.98 Å². The molecule has 0 saturated carbocycles. The van der Waals surface area contributed by atoms with Crippen molar-refractivity contribution in [2.24, 2.45) is 0 Å². The fourth-order valence-corrected chi connectivity index (χ4v) is 3.36. The smallest absolute Gasteiger partial charge is 0.216 e. The highest BCUT2D eigenvalue weighted by atomic mass is 32.2. The van der Waals surface area contributed by atoms with Gasteiger partial charge in [0.15, 0.2) is 5.16 Å². The molecule has 0 bridgehead atoms. The Labute approximate surface area is 152 Å². The highest BCUT2D eigenvalue weighted by Crippen LogP contribution is 2.32. The Morgan fingerprint density at radius 2 is 1.68 bits per heavy atom. The normalized spacial score (nSPS) is 10.6. The molecule has 1 amide bonds. The van der Waals surface area contributed by atoms with Crippen molar-refractivity contribution in [1.29, 1.82) is 0 Å². The molecule has 3 aromatic rings. The molecule has 128 valence electrons. The van der Waals surface area contributed by atoms with Gasteiger partial charge in [-0.1, -0.05) is 72.4 Å². The molecule has 5 heteroatoms. The second kappa shape index (κ2) is 8.53. The van der Waals surface area contributed by atoms with Gasteiger partial charge in [-0.2, -0.15) is 0 Å². The number of H-pyrrole nitrogens is 1. The standard InChI is InChI=1S/C20H21N3OS/c1-15(24)21-13-8-14-25-20-22-18(16-9-4-2-5-10-16)19(23-20)17-11-6-3-7-12-17/h2-7,9-12H,8,13-14H2,1H3,(H,21,24)(H,22,23). The zero-order valence-electron chi connectivity index (χ0n) is 14.2. The van der Waals surface area contributed by atoms with Crippen LogP contribution in [0.25, 0.3) is 22.5 Å². The molecular formula is C20H21N3OS. The van der Waals surface area contributed by atoms with Gasteiger partial charge < -0.3 is 10.3 Å². The van der Waals surface area contributed by atoms with Crippen molar-refractivity contribution in [1.82, 2.24) is 15.3 Å². The highest BCUT2D eigenvalue weighted by Gasteiger charge is 2.14. The lowest BCUT2D eigenvalue weighted by molar-refractivity contribution is -0.118. The Bertz CT molecular complexity index is 758. The van der Waals surface area contributed by atoms with E-state index in [1.807, 2.05) is 36.4 Å². The summed E-state index contributed by atoms with van der Waals surface area (Å²) in [5, 5.41) is 3.72. The molecular weight excluding hydrogens is 330 g/mol. The van der Waals surface area contributed by atoms with Crippen LogP contribution in [-0.4, -0.2) is 28.2 Å². The van der Waals surface area contributed by atoms with Crippen molar-refractivity contribution < 1.29 is 4.79 Å². The van der Waals surface area contributed by atoms with Gasteiger partial charge in [-0.05, 0) is 6.42 Å². The molecule has 0 aliphatic carbocycles. The Morgan fingerprint density at radius 1 is 1.04 bits per heavy atom. The van der Waals surface area contributed by atoms with Crippen LogP contribution in [0.2, 0.25) is 0 Å². The zero-order valence-corrected chi connectivity index (χ0v) is 15.0. The number of hydrogen-bond donors (Lipinski definition) is 2. The lowest BCUT2D eigenvalue weighted by Gasteiger charge is -2.02. The van der Waals surface area contributed by atoms with E-state index in [-0.39, 0.29) is 5.91 Å². The number of imidazole rings is 1. The second-order valence-corrected chi connectivity index (χ2v) is 6.77. The maximum atomic E-state index is 10.9. The predicted octanol–water partition coefficient (Wildman–Crippen LogP) is 4.36. The second-order valence-electron chi connectivity index (χ2n) is 5.68. The lowest BCUT2D eigenvalue weighted by atomic mass is 10.1. The number of aromatic nitrogens is 2. The van der Waals surface area contributed by atoms with Gasteiger partial charge in [0.25, 0.3) is 0 Å². The van der Waals surface area contributed by atoms with Gasteiger partial charge in [-0.15, -0.1) is 0 Å². The number of amides is 1. The minimum Gasteiger partial charge on any atom is -0.356 e. The van der Waals surface area contributed by atoms with E-state index in [0.717, 1.165) is 39.8 Å². The first-order valence-corrected chi connectivity index (χ1v) is 9.30. The van der Waals surface area contributed by atoms with E-state index in [2.05, 4.69) is 34.6 Å². The number of hydrogen-bond acceptors (Lipinski definition) is 3. The summed E-state index contributed by atoms with van der Waals surface area (Å²) in [6.45, 7) is 2.23. The molecule has 1 heterocycles. The van der Waals surface area contributed by atoms with E-state index in [0.29, 0.717) is 6.54 Å². The Balaban J connectivity index is 1.79. The van der Waals surface area contributed by atoms with Gasteiger partial charge in [0, 0.05) is 30.3 Å². The van der Waals surface area contributed by atoms with Gasteiger partial charge in [-0.3, -0.25) is 4.79 Å². The summed E-state index contributed by atoms with van der Waals surface area (Å²) in [4.78, 5) is 19.2. The molecule has 0 atom stereocenters. The molecule has 0 aliphatic heterocycles. The van der Waals surface area contributed by atoms with Gasteiger partial charge in [0.05, 0.1) is 11.4 Å². The minimum absolute atomic E-state index is 0.0146. The number of nitrogens with zero attached hydrogens (tertiary/aromatic N) is 1. The van der Waals surface area contributed by atoms with E-state index >= 15 is 0 Å². The molecule has 0 fully saturated rings. The van der Waals surface area contributed by atoms with Crippen LogP contribution in [0.4, 0.5) is 0 Å². The number of rotatable bonds is 7. The van der Waals surface area contributed by atoms with Crippen LogP contribution in [-0.2, 0) is 4.79 Å². The third-order valence-electron chi connectivity index (χ3n) is 3.73. The summed E-state index contributed by atoms with van der Waals surface area (Å²) in [6, 6.07) is 20.5. The molecule has 4 nitrogen and oxygen atoms in total. The summed E-state index contributed by atoms with van der Waals surface area (Å²) in [7, 11) is 0. The summed E-state index contributed by atoms with van der Waals surface area (Å²) in [5.41, 5.74) is 4.23. The maximum absolute atomic E-state index is 10.9. The van der Waals surface area contributed by atoms with Gasteiger partial charge >= 0.3 is 0 Å². The van der Waals surface area contributed by atoms with Crippen LogP contribution in [0.1, 0.15) is 13.3 Å². The monoisotopic (exact) mass is 351 g/mol. The number of carbonyl (C=O) groups is 1. The van der Waals surface area contributed by atoms with E-state index < -0.39 is 0 Å². The molecule has 1 aromatic heterocycles. The van der Waals surface area contributed by atoms with Crippen molar-refractivity contribution in [2.75, 3.05) is 12.3 Å². The van der Waals surface area contributed by atoms with Crippen molar-refractivity contribution in [3.63, 3.8) is 0 Å². The van der Waals surface area contributed by atoms with Crippen LogP contribution in [0, 0.1) is 0 Å². The average Bonchev–Trinajstić information content (AvgIpc) is 3.07. The van der Waals surface area contributed by atoms with E-state index in [1.54, 1.807) is 11.8 Å². The highest BCUT2D eigenvalue weighted by molar-refractivity contribution is 7.99. The SMILES string of the molecule is CC(=O)NCCCSc1nc(-c2ccccc2)c(-c2ccccc2)[nH]1. The van der Waals surface area contributed by atoms with Gasteiger partial charge in [0.2, 0.25) is 5.91 Å². The number of benzene rings is 2. The summed E-state index contributed by atoms with van der Waals surface area (Å²) >= 11 is 1.68. The lowest BCUT2D eigenvalue weighted by Crippen LogP contribution is -2.21. The average molecular weight is 351 g/mol. The van der Waals surface area contributed by atoms with Crippen LogP contribution >= 0.6 is 11.8 Å². The zero-order chi connectivity index (χ0) is 17.5. The van der Waals surface area contributed by atoms with Crippen molar-refractivity contribution in [3.05, 3.63) is 60.7 Å². The van der Waals surface area contributed by atoms with Gasteiger partial charge in [0.1, 0.15) is 0 Å². The minimum atomic E-state index is 0.0146.